The lowest BCUT2D eigenvalue weighted by atomic mass is 10.1. The van der Waals surface area contributed by atoms with E-state index in [4.69, 9.17) is 16.3 Å². The number of carbonyl (C=O) groups excluding carboxylic acids is 2. The van der Waals surface area contributed by atoms with Crippen molar-refractivity contribution in [2.75, 3.05) is 33.3 Å². The predicted molar refractivity (Wildman–Crippen MR) is 96.2 cm³/mol. The highest BCUT2D eigenvalue weighted by Crippen LogP contribution is 2.24. The van der Waals surface area contributed by atoms with Gasteiger partial charge in [0.25, 0.3) is 11.8 Å². The predicted octanol–water partition coefficient (Wildman–Crippen LogP) is 3.09. The average molecular weight is 377 g/mol. The van der Waals surface area contributed by atoms with Crippen molar-refractivity contribution in [3.63, 3.8) is 0 Å². The SMILES string of the molecule is COc1ccc(Cl)cc1C(=O)N1CCN(C(=O)c2ccccc2F)CC1. The van der Waals surface area contributed by atoms with Gasteiger partial charge in [-0.15, -0.1) is 0 Å². The maximum absolute atomic E-state index is 13.8. The van der Waals surface area contributed by atoms with Crippen molar-refractivity contribution in [3.8, 4) is 5.75 Å². The summed E-state index contributed by atoms with van der Waals surface area (Å²) >= 11 is 5.99. The van der Waals surface area contributed by atoms with Crippen LogP contribution in [0.4, 0.5) is 4.39 Å². The fourth-order valence-corrected chi connectivity index (χ4v) is 3.11. The van der Waals surface area contributed by atoms with E-state index >= 15 is 0 Å². The summed E-state index contributed by atoms with van der Waals surface area (Å²) in [4.78, 5) is 28.4. The molecule has 2 aromatic carbocycles. The van der Waals surface area contributed by atoms with Crippen LogP contribution in [0.1, 0.15) is 20.7 Å². The van der Waals surface area contributed by atoms with Crippen LogP contribution in [0.25, 0.3) is 0 Å². The molecule has 1 saturated heterocycles. The van der Waals surface area contributed by atoms with E-state index in [0.29, 0.717) is 42.5 Å². The number of carbonyl (C=O) groups is 2. The Labute approximate surface area is 155 Å². The zero-order valence-electron chi connectivity index (χ0n) is 14.2. The molecule has 2 amide bonds. The van der Waals surface area contributed by atoms with Crippen molar-refractivity contribution >= 4 is 23.4 Å². The summed E-state index contributed by atoms with van der Waals surface area (Å²) in [5.41, 5.74) is 0.428. The molecular formula is C19H18ClFN2O3. The van der Waals surface area contributed by atoms with E-state index in [9.17, 15) is 14.0 Å². The third kappa shape index (κ3) is 3.65. The smallest absolute Gasteiger partial charge is 0.257 e. The fraction of sp³-hybridized carbons (Fsp3) is 0.263. The monoisotopic (exact) mass is 376 g/mol. The number of halogens is 2. The summed E-state index contributed by atoms with van der Waals surface area (Å²) in [6.07, 6.45) is 0. The fourth-order valence-electron chi connectivity index (χ4n) is 2.94. The number of piperazine rings is 1. The Balaban J connectivity index is 1.69. The molecule has 26 heavy (non-hydrogen) atoms. The van der Waals surface area contributed by atoms with Crippen molar-refractivity contribution in [2.24, 2.45) is 0 Å². The van der Waals surface area contributed by atoms with Crippen LogP contribution >= 0.6 is 11.6 Å². The first-order valence-electron chi connectivity index (χ1n) is 8.18. The topological polar surface area (TPSA) is 49.9 Å². The molecule has 0 aliphatic carbocycles. The van der Waals surface area contributed by atoms with E-state index in [-0.39, 0.29) is 17.4 Å². The molecular weight excluding hydrogens is 359 g/mol. The van der Waals surface area contributed by atoms with Crippen LogP contribution in [-0.2, 0) is 0 Å². The Morgan fingerprint density at radius 3 is 2.12 bits per heavy atom. The summed E-state index contributed by atoms with van der Waals surface area (Å²) in [6.45, 7) is 1.38. The zero-order chi connectivity index (χ0) is 18.7. The molecule has 0 saturated carbocycles. The Kier molecular flexibility index (Phi) is 5.42. The molecule has 2 aromatic rings. The van der Waals surface area contributed by atoms with Crippen LogP contribution in [0.15, 0.2) is 42.5 Å². The van der Waals surface area contributed by atoms with Gasteiger partial charge < -0.3 is 14.5 Å². The number of benzene rings is 2. The van der Waals surface area contributed by atoms with Crippen molar-refractivity contribution in [1.82, 2.24) is 9.80 Å². The quantitative estimate of drug-likeness (QED) is 0.827. The Morgan fingerprint density at radius 1 is 0.962 bits per heavy atom. The summed E-state index contributed by atoms with van der Waals surface area (Å²) in [5, 5.41) is 0.447. The van der Waals surface area contributed by atoms with Crippen LogP contribution in [0, 0.1) is 5.82 Å². The van der Waals surface area contributed by atoms with E-state index < -0.39 is 5.82 Å². The lowest BCUT2D eigenvalue weighted by Gasteiger charge is -2.35. The highest BCUT2D eigenvalue weighted by atomic mass is 35.5. The highest BCUT2D eigenvalue weighted by Gasteiger charge is 2.28. The maximum atomic E-state index is 13.8. The molecule has 0 atom stereocenters. The Morgan fingerprint density at radius 2 is 1.54 bits per heavy atom. The first-order chi connectivity index (χ1) is 12.5. The van der Waals surface area contributed by atoms with Gasteiger partial charge in [-0.3, -0.25) is 9.59 Å². The van der Waals surface area contributed by atoms with Gasteiger partial charge in [-0.2, -0.15) is 0 Å². The largest absolute Gasteiger partial charge is 0.496 e. The molecule has 0 bridgehead atoms. The molecule has 3 rings (SSSR count). The van der Waals surface area contributed by atoms with E-state index in [1.165, 1.54) is 19.2 Å². The van der Waals surface area contributed by atoms with Gasteiger partial charge in [-0.25, -0.2) is 4.39 Å². The molecule has 0 N–H and O–H groups in total. The minimum atomic E-state index is -0.542. The molecule has 0 aromatic heterocycles. The maximum Gasteiger partial charge on any atom is 0.257 e. The number of ether oxygens (including phenoxy) is 1. The Bertz CT molecular complexity index is 835. The van der Waals surface area contributed by atoms with E-state index in [1.54, 1.807) is 40.1 Å². The molecule has 5 nitrogen and oxygen atoms in total. The minimum Gasteiger partial charge on any atom is -0.496 e. The molecule has 1 aliphatic rings. The van der Waals surface area contributed by atoms with E-state index in [0.717, 1.165) is 0 Å². The second kappa shape index (κ2) is 7.74. The minimum absolute atomic E-state index is 0.0452. The lowest BCUT2D eigenvalue weighted by molar-refractivity contribution is 0.0531. The van der Waals surface area contributed by atoms with Gasteiger partial charge in [0, 0.05) is 31.2 Å². The molecule has 0 spiro atoms. The van der Waals surface area contributed by atoms with Gasteiger partial charge in [0.1, 0.15) is 11.6 Å². The third-order valence-corrected chi connectivity index (χ3v) is 4.59. The Hall–Kier alpha value is -2.60. The number of nitrogens with zero attached hydrogens (tertiary/aromatic N) is 2. The van der Waals surface area contributed by atoms with Crippen molar-refractivity contribution in [1.29, 1.82) is 0 Å². The third-order valence-electron chi connectivity index (χ3n) is 4.35. The first-order valence-corrected chi connectivity index (χ1v) is 8.55. The van der Waals surface area contributed by atoms with Crippen molar-refractivity contribution in [3.05, 3.63) is 64.4 Å². The van der Waals surface area contributed by atoms with Gasteiger partial charge in [0.2, 0.25) is 0 Å². The van der Waals surface area contributed by atoms with Crippen molar-refractivity contribution in [2.45, 2.75) is 0 Å². The molecule has 0 radical (unpaired) electrons. The summed E-state index contributed by atoms with van der Waals surface area (Å²) in [7, 11) is 1.49. The zero-order valence-corrected chi connectivity index (χ0v) is 15.0. The number of amides is 2. The summed E-state index contributed by atoms with van der Waals surface area (Å²) in [5.74, 6) is -0.665. The second-order valence-corrected chi connectivity index (χ2v) is 6.35. The second-order valence-electron chi connectivity index (χ2n) is 5.91. The average Bonchev–Trinajstić information content (AvgIpc) is 2.67. The van der Waals surface area contributed by atoms with Crippen LogP contribution in [-0.4, -0.2) is 54.9 Å². The van der Waals surface area contributed by atoms with E-state index in [1.807, 2.05) is 0 Å². The van der Waals surface area contributed by atoms with Crippen LogP contribution in [0.3, 0.4) is 0 Å². The van der Waals surface area contributed by atoms with Gasteiger partial charge in [-0.05, 0) is 30.3 Å². The summed E-state index contributed by atoms with van der Waals surface area (Å²) < 4.78 is 19.0. The number of hydrogen-bond donors (Lipinski definition) is 0. The van der Waals surface area contributed by atoms with Gasteiger partial charge in [-0.1, -0.05) is 23.7 Å². The standard InChI is InChI=1S/C19H18ClFN2O3/c1-26-17-7-6-13(20)12-15(17)19(25)23-10-8-22(9-11-23)18(24)14-4-2-3-5-16(14)21/h2-7,12H,8-11H2,1H3. The first kappa shape index (κ1) is 18.2. The van der Waals surface area contributed by atoms with Gasteiger partial charge in [0.15, 0.2) is 0 Å². The van der Waals surface area contributed by atoms with Crippen LogP contribution in [0.5, 0.6) is 5.75 Å². The molecule has 1 fully saturated rings. The molecule has 1 heterocycles. The van der Waals surface area contributed by atoms with Crippen LogP contribution in [0.2, 0.25) is 5.02 Å². The molecule has 1 aliphatic heterocycles. The van der Waals surface area contributed by atoms with Crippen molar-refractivity contribution < 1.29 is 18.7 Å². The normalized spacial score (nSPS) is 14.3. The van der Waals surface area contributed by atoms with Gasteiger partial charge in [0.05, 0.1) is 18.2 Å². The molecule has 136 valence electrons. The van der Waals surface area contributed by atoms with Gasteiger partial charge >= 0.3 is 0 Å². The number of hydrogen-bond acceptors (Lipinski definition) is 3. The molecule has 7 heteroatoms. The number of rotatable bonds is 3. The highest BCUT2D eigenvalue weighted by molar-refractivity contribution is 6.31. The summed E-state index contributed by atoms with van der Waals surface area (Å²) in [6, 6.07) is 10.8. The number of methoxy groups -OCH3 is 1. The lowest BCUT2D eigenvalue weighted by Crippen LogP contribution is -2.50. The molecule has 0 unspecified atom stereocenters. The van der Waals surface area contributed by atoms with Crippen LogP contribution < -0.4 is 4.74 Å². The van der Waals surface area contributed by atoms with E-state index in [2.05, 4.69) is 0 Å².